The molecule has 1 aliphatic heterocycles. The third-order valence-corrected chi connectivity index (χ3v) is 4.20. The molecule has 1 atom stereocenters. The SMILES string of the molecule is CC(C)CC(O)/C(=C/C(C)(C)C)B1OC(C)(C)C(C)(C)O1. The second kappa shape index (κ2) is 6.06. The van der Waals surface area contributed by atoms with Crippen molar-refractivity contribution in [1.29, 1.82) is 0 Å². The van der Waals surface area contributed by atoms with Gasteiger partial charge in [-0.25, -0.2) is 0 Å². The number of hydrogen-bond acceptors (Lipinski definition) is 3. The average molecular weight is 296 g/mol. The van der Waals surface area contributed by atoms with E-state index in [9.17, 15) is 5.11 Å². The van der Waals surface area contributed by atoms with Crippen LogP contribution in [0.5, 0.6) is 0 Å². The Morgan fingerprint density at radius 3 is 1.86 bits per heavy atom. The van der Waals surface area contributed by atoms with Gasteiger partial charge in [0, 0.05) is 0 Å². The first-order valence-electron chi connectivity index (χ1n) is 8.01. The lowest BCUT2D eigenvalue weighted by Gasteiger charge is -2.32. The number of rotatable bonds is 4. The summed E-state index contributed by atoms with van der Waals surface area (Å²) in [5, 5.41) is 10.6. The first-order valence-corrected chi connectivity index (χ1v) is 8.01. The van der Waals surface area contributed by atoms with Gasteiger partial charge in [0.2, 0.25) is 0 Å². The number of allylic oxidation sites excluding steroid dienone is 1. The largest absolute Gasteiger partial charge is 0.492 e. The van der Waals surface area contributed by atoms with Crippen molar-refractivity contribution < 1.29 is 14.4 Å². The molecule has 1 heterocycles. The van der Waals surface area contributed by atoms with Crippen LogP contribution in [0, 0.1) is 11.3 Å². The molecule has 0 aromatic rings. The van der Waals surface area contributed by atoms with Crippen LogP contribution in [0.2, 0.25) is 0 Å². The van der Waals surface area contributed by atoms with E-state index in [1.165, 1.54) is 0 Å². The van der Waals surface area contributed by atoms with Gasteiger partial charge in [0.1, 0.15) is 0 Å². The standard InChI is InChI=1S/C17H33BO3/c1-12(2)10-14(19)13(11-15(3,4)5)18-20-16(6,7)17(8,9)21-18/h11-12,14,19H,10H2,1-9H3/b13-11-. The number of aliphatic hydroxyl groups is 1. The highest BCUT2D eigenvalue weighted by molar-refractivity contribution is 6.55. The predicted octanol–water partition coefficient (Wildman–Crippen LogP) is 4.00. The lowest BCUT2D eigenvalue weighted by Crippen LogP contribution is -2.41. The topological polar surface area (TPSA) is 38.7 Å². The lowest BCUT2D eigenvalue weighted by molar-refractivity contribution is 0.00578. The van der Waals surface area contributed by atoms with Gasteiger partial charge < -0.3 is 14.4 Å². The van der Waals surface area contributed by atoms with Crippen molar-refractivity contribution in [3.8, 4) is 0 Å². The van der Waals surface area contributed by atoms with Crippen LogP contribution in [-0.4, -0.2) is 29.5 Å². The Hall–Kier alpha value is -0.315. The fourth-order valence-corrected chi connectivity index (χ4v) is 2.38. The van der Waals surface area contributed by atoms with Crippen molar-refractivity contribution in [3.63, 3.8) is 0 Å². The van der Waals surface area contributed by atoms with E-state index in [-0.39, 0.29) is 16.6 Å². The van der Waals surface area contributed by atoms with E-state index >= 15 is 0 Å². The van der Waals surface area contributed by atoms with Gasteiger partial charge >= 0.3 is 7.12 Å². The van der Waals surface area contributed by atoms with E-state index in [2.05, 4.69) is 40.7 Å². The Bertz CT molecular complexity index is 375. The molecule has 0 aliphatic carbocycles. The van der Waals surface area contributed by atoms with Crippen molar-refractivity contribution in [3.05, 3.63) is 11.5 Å². The van der Waals surface area contributed by atoms with E-state index < -0.39 is 13.2 Å². The minimum atomic E-state index is -0.529. The molecule has 0 amide bonds. The zero-order valence-electron chi connectivity index (χ0n) is 15.3. The average Bonchev–Trinajstić information content (AvgIpc) is 2.42. The third-order valence-electron chi connectivity index (χ3n) is 4.20. The van der Waals surface area contributed by atoms with Crippen LogP contribution in [0.3, 0.4) is 0 Å². The molecule has 1 saturated heterocycles. The summed E-state index contributed by atoms with van der Waals surface area (Å²) in [6.07, 6.45) is 2.28. The van der Waals surface area contributed by atoms with Crippen LogP contribution >= 0.6 is 0 Å². The van der Waals surface area contributed by atoms with Crippen LogP contribution in [0.1, 0.15) is 68.7 Å². The molecule has 3 nitrogen and oxygen atoms in total. The molecule has 1 rings (SSSR count). The molecule has 0 aromatic heterocycles. The molecule has 0 spiro atoms. The summed E-state index contributed by atoms with van der Waals surface area (Å²) >= 11 is 0. The Morgan fingerprint density at radius 1 is 1.10 bits per heavy atom. The molecule has 0 radical (unpaired) electrons. The van der Waals surface area contributed by atoms with Crippen LogP contribution < -0.4 is 0 Å². The third kappa shape index (κ3) is 4.83. The summed E-state index contributed by atoms with van der Waals surface area (Å²) < 4.78 is 12.2. The molecule has 1 N–H and O–H groups in total. The highest BCUT2D eigenvalue weighted by atomic mass is 16.7. The van der Waals surface area contributed by atoms with Crippen molar-refractivity contribution in [2.45, 2.75) is 86.0 Å². The molecular weight excluding hydrogens is 263 g/mol. The Balaban J connectivity index is 3.08. The molecular formula is C17H33BO3. The Morgan fingerprint density at radius 2 is 1.52 bits per heavy atom. The van der Waals surface area contributed by atoms with E-state index in [1.807, 2.05) is 27.7 Å². The van der Waals surface area contributed by atoms with Crippen molar-refractivity contribution in [2.75, 3.05) is 0 Å². The van der Waals surface area contributed by atoms with Crippen molar-refractivity contribution >= 4 is 7.12 Å². The molecule has 1 fully saturated rings. The first kappa shape index (κ1) is 18.7. The molecule has 0 saturated carbocycles. The van der Waals surface area contributed by atoms with Gasteiger partial charge in [-0.1, -0.05) is 40.7 Å². The van der Waals surface area contributed by atoms with Gasteiger partial charge in [-0.2, -0.15) is 0 Å². The van der Waals surface area contributed by atoms with Gasteiger partial charge in [-0.15, -0.1) is 0 Å². The maximum atomic E-state index is 10.6. The fraction of sp³-hybridized carbons (Fsp3) is 0.882. The minimum absolute atomic E-state index is 0.0309. The smallest absolute Gasteiger partial charge is 0.400 e. The molecule has 1 aliphatic rings. The Kier molecular flexibility index (Phi) is 5.40. The molecule has 4 heteroatoms. The fourth-order valence-electron chi connectivity index (χ4n) is 2.38. The van der Waals surface area contributed by atoms with Gasteiger partial charge in [0.15, 0.2) is 0 Å². The normalized spacial score (nSPS) is 23.8. The van der Waals surface area contributed by atoms with Crippen molar-refractivity contribution in [2.24, 2.45) is 11.3 Å². The van der Waals surface area contributed by atoms with Crippen LogP contribution in [0.4, 0.5) is 0 Å². The van der Waals surface area contributed by atoms with Gasteiger partial charge in [0.05, 0.1) is 17.3 Å². The van der Waals surface area contributed by atoms with Crippen molar-refractivity contribution in [1.82, 2.24) is 0 Å². The minimum Gasteiger partial charge on any atom is -0.400 e. The zero-order valence-corrected chi connectivity index (χ0v) is 15.3. The highest BCUT2D eigenvalue weighted by Crippen LogP contribution is 2.40. The zero-order chi connectivity index (χ0) is 16.6. The van der Waals surface area contributed by atoms with Gasteiger partial charge in [0.25, 0.3) is 0 Å². The maximum Gasteiger partial charge on any atom is 0.492 e. The van der Waals surface area contributed by atoms with Crippen LogP contribution in [-0.2, 0) is 9.31 Å². The number of hydrogen-bond donors (Lipinski definition) is 1. The summed E-state index contributed by atoms with van der Waals surface area (Å²) in [7, 11) is -0.469. The summed E-state index contributed by atoms with van der Waals surface area (Å²) in [5.41, 5.74) is 0.0600. The van der Waals surface area contributed by atoms with E-state index in [0.29, 0.717) is 12.3 Å². The molecule has 0 bridgehead atoms. The summed E-state index contributed by atoms with van der Waals surface area (Å²) in [6, 6.07) is 0. The quantitative estimate of drug-likeness (QED) is 0.797. The Labute approximate surface area is 131 Å². The van der Waals surface area contributed by atoms with E-state index in [4.69, 9.17) is 9.31 Å². The number of aliphatic hydroxyl groups excluding tert-OH is 1. The molecule has 0 aromatic carbocycles. The summed E-state index contributed by atoms with van der Waals surface area (Å²) in [5.74, 6) is 0.422. The summed E-state index contributed by atoms with van der Waals surface area (Å²) in [4.78, 5) is 0. The maximum absolute atomic E-state index is 10.6. The van der Waals surface area contributed by atoms with E-state index in [0.717, 1.165) is 5.47 Å². The van der Waals surface area contributed by atoms with Crippen LogP contribution in [0.25, 0.3) is 0 Å². The first-order chi connectivity index (χ1) is 9.25. The highest BCUT2D eigenvalue weighted by Gasteiger charge is 2.53. The molecule has 21 heavy (non-hydrogen) atoms. The molecule has 122 valence electrons. The van der Waals surface area contributed by atoms with E-state index in [1.54, 1.807) is 0 Å². The second-order valence-corrected chi connectivity index (χ2v) is 8.74. The predicted molar refractivity (Wildman–Crippen MR) is 89.1 cm³/mol. The lowest BCUT2D eigenvalue weighted by atomic mass is 9.70. The second-order valence-electron chi connectivity index (χ2n) is 8.74. The summed E-state index contributed by atoms with van der Waals surface area (Å²) in [6.45, 7) is 18.8. The molecule has 1 unspecified atom stereocenters. The van der Waals surface area contributed by atoms with Crippen LogP contribution in [0.15, 0.2) is 11.5 Å². The monoisotopic (exact) mass is 296 g/mol. The van der Waals surface area contributed by atoms with Gasteiger partial charge in [-0.3, -0.25) is 0 Å². The van der Waals surface area contributed by atoms with Gasteiger partial charge in [-0.05, 0) is 50.9 Å².